The van der Waals surface area contributed by atoms with E-state index in [1.54, 1.807) is 34.5 Å². The molecule has 3 aromatic carbocycles. The molecule has 3 heterocycles. The van der Waals surface area contributed by atoms with E-state index in [1.807, 2.05) is 49.4 Å². The minimum atomic E-state index is -3.82. The number of likely N-dealkylation sites (N-methyl/N-ethyl adjacent to an activating group) is 1. The molecule has 1 unspecified atom stereocenters. The van der Waals surface area contributed by atoms with Gasteiger partial charge in [-0.3, -0.25) is 4.79 Å². The second-order valence-electron chi connectivity index (χ2n) is 9.16. The van der Waals surface area contributed by atoms with Crippen LogP contribution < -0.4 is 4.90 Å². The minimum absolute atomic E-state index is 0.0252. The molecule has 0 saturated carbocycles. The summed E-state index contributed by atoms with van der Waals surface area (Å²) in [6.45, 7) is 2.40. The third-order valence-electron chi connectivity index (χ3n) is 7.12. The van der Waals surface area contributed by atoms with Crippen molar-refractivity contribution in [3.05, 3.63) is 94.7 Å². The molecule has 0 spiro atoms. The zero-order valence-electron chi connectivity index (χ0n) is 19.1. The average Bonchev–Trinajstić information content (AvgIpc) is 3.35. The number of aryl methyl sites for hydroxylation is 1. The van der Waals surface area contributed by atoms with Gasteiger partial charge in [0, 0.05) is 35.9 Å². The Kier molecular flexibility index (Phi) is 4.69. The van der Waals surface area contributed by atoms with Crippen LogP contribution in [-0.4, -0.2) is 37.2 Å². The zero-order chi connectivity index (χ0) is 23.6. The molecular weight excluding hydrogens is 446 g/mol. The highest BCUT2D eigenvalue weighted by atomic mass is 32.2. The number of rotatable bonds is 3. The van der Waals surface area contributed by atoms with Gasteiger partial charge in [0.15, 0.2) is 0 Å². The van der Waals surface area contributed by atoms with Crippen LogP contribution in [0.3, 0.4) is 0 Å². The number of anilines is 1. The molecule has 0 bridgehead atoms. The Labute approximate surface area is 198 Å². The number of carbonyl (C=O) groups excluding carboxylic acids is 1. The molecule has 1 aromatic heterocycles. The number of aromatic amines is 1. The van der Waals surface area contributed by atoms with Crippen LogP contribution in [0.15, 0.2) is 71.6 Å². The van der Waals surface area contributed by atoms with Gasteiger partial charge in [0.05, 0.1) is 17.4 Å². The van der Waals surface area contributed by atoms with Gasteiger partial charge in [0.2, 0.25) is 15.9 Å². The second-order valence-corrected chi connectivity index (χ2v) is 11.1. The predicted molar refractivity (Wildman–Crippen MR) is 132 cm³/mol. The van der Waals surface area contributed by atoms with Crippen molar-refractivity contribution < 1.29 is 13.2 Å². The first-order valence-corrected chi connectivity index (χ1v) is 12.9. The Bertz CT molecular complexity index is 1550. The first-order chi connectivity index (χ1) is 16.3. The molecular formula is C27H25N3O3S. The van der Waals surface area contributed by atoms with Gasteiger partial charge < -0.3 is 9.88 Å². The van der Waals surface area contributed by atoms with Gasteiger partial charge in [-0.15, -0.1) is 0 Å². The van der Waals surface area contributed by atoms with Gasteiger partial charge in [-0.1, -0.05) is 48.0 Å². The number of para-hydroxylation sites is 1. The fraction of sp³-hybridized carbons (Fsp3) is 0.222. The smallest absolute Gasteiger partial charge is 0.244 e. The number of sulfonamides is 1. The lowest BCUT2D eigenvalue weighted by Crippen LogP contribution is -2.40. The maximum absolute atomic E-state index is 14.0. The molecule has 4 aromatic rings. The number of nitrogens with one attached hydrogen (secondary N) is 1. The van der Waals surface area contributed by atoms with Crippen LogP contribution in [0, 0.1) is 6.92 Å². The molecule has 1 N–H and O–H groups in total. The lowest BCUT2D eigenvalue weighted by molar-refractivity contribution is -0.117. The largest absolute Gasteiger partial charge is 0.357 e. The number of carbonyl (C=O) groups is 1. The normalized spacial score (nSPS) is 18.4. The van der Waals surface area contributed by atoms with Crippen LogP contribution >= 0.6 is 0 Å². The van der Waals surface area contributed by atoms with E-state index in [2.05, 4.69) is 11.1 Å². The maximum atomic E-state index is 14.0. The molecule has 0 radical (unpaired) electrons. The molecule has 6 rings (SSSR count). The minimum Gasteiger partial charge on any atom is -0.357 e. The van der Waals surface area contributed by atoms with Crippen molar-refractivity contribution in [2.24, 2.45) is 0 Å². The molecule has 172 valence electrons. The first kappa shape index (κ1) is 21.1. The molecule has 7 heteroatoms. The summed E-state index contributed by atoms with van der Waals surface area (Å²) in [5, 5.41) is 1.14. The molecule has 2 aliphatic heterocycles. The number of H-pyrrole nitrogens is 1. The van der Waals surface area contributed by atoms with Gasteiger partial charge >= 0.3 is 0 Å². The molecule has 0 aliphatic carbocycles. The van der Waals surface area contributed by atoms with Gasteiger partial charge in [-0.05, 0) is 54.3 Å². The van der Waals surface area contributed by atoms with Crippen LogP contribution in [0.1, 0.15) is 34.0 Å². The average molecular weight is 472 g/mol. The van der Waals surface area contributed by atoms with Crippen molar-refractivity contribution in [2.75, 3.05) is 18.5 Å². The van der Waals surface area contributed by atoms with E-state index in [9.17, 15) is 13.2 Å². The first-order valence-electron chi connectivity index (χ1n) is 11.4. The SMILES string of the molecule is Cc1ccc(C2c3[nH]c4ccccc4c3CCN2S(=O)(=O)c2ccc3c(c2)CC(=O)N3C)cc1. The van der Waals surface area contributed by atoms with Crippen molar-refractivity contribution in [1.29, 1.82) is 0 Å². The Morgan fingerprint density at radius 3 is 2.56 bits per heavy atom. The van der Waals surface area contributed by atoms with E-state index < -0.39 is 16.1 Å². The van der Waals surface area contributed by atoms with Crippen molar-refractivity contribution in [2.45, 2.75) is 30.7 Å². The van der Waals surface area contributed by atoms with E-state index in [-0.39, 0.29) is 17.2 Å². The number of hydrogen-bond acceptors (Lipinski definition) is 3. The van der Waals surface area contributed by atoms with Crippen LogP contribution in [0.5, 0.6) is 0 Å². The number of fused-ring (bicyclic) bond motifs is 4. The molecule has 1 amide bonds. The standard InChI is InChI=1S/C27H25N3O3S/c1-17-7-9-18(10-8-17)27-26-22(21-5-3-4-6-23(21)28-26)13-14-30(27)34(32,33)20-11-12-24-19(15-20)16-25(31)29(24)2/h3-12,15,27-28H,13-14,16H2,1-2H3. The Morgan fingerprint density at radius 1 is 1.00 bits per heavy atom. The fourth-order valence-electron chi connectivity index (χ4n) is 5.30. The van der Waals surface area contributed by atoms with Gasteiger partial charge in [0.1, 0.15) is 0 Å². The second kappa shape index (κ2) is 7.55. The van der Waals surface area contributed by atoms with Crippen molar-refractivity contribution in [3.8, 4) is 0 Å². The monoisotopic (exact) mass is 471 g/mol. The van der Waals surface area contributed by atoms with Gasteiger partial charge in [-0.25, -0.2) is 8.42 Å². The van der Waals surface area contributed by atoms with E-state index in [0.29, 0.717) is 13.0 Å². The highest BCUT2D eigenvalue weighted by molar-refractivity contribution is 7.89. The molecule has 0 saturated heterocycles. The fourth-order valence-corrected chi connectivity index (χ4v) is 6.94. The number of benzene rings is 3. The maximum Gasteiger partial charge on any atom is 0.244 e. The van der Waals surface area contributed by atoms with E-state index >= 15 is 0 Å². The van der Waals surface area contributed by atoms with Crippen molar-refractivity contribution in [1.82, 2.24) is 9.29 Å². The summed E-state index contributed by atoms with van der Waals surface area (Å²) in [7, 11) is -2.10. The molecule has 0 fully saturated rings. The van der Waals surface area contributed by atoms with E-state index in [0.717, 1.165) is 39.0 Å². The Hall–Kier alpha value is -3.42. The predicted octanol–water partition coefficient (Wildman–Crippen LogP) is 4.33. The summed E-state index contributed by atoms with van der Waals surface area (Å²) in [5.74, 6) is -0.0252. The molecule has 1 atom stereocenters. The number of hydrogen-bond donors (Lipinski definition) is 1. The molecule has 2 aliphatic rings. The highest BCUT2D eigenvalue weighted by Gasteiger charge is 2.39. The van der Waals surface area contributed by atoms with Crippen molar-refractivity contribution in [3.63, 3.8) is 0 Å². The highest BCUT2D eigenvalue weighted by Crippen LogP contribution is 2.42. The number of amides is 1. The van der Waals surface area contributed by atoms with Gasteiger partial charge in [0.25, 0.3) is 0 Å². The quantitative estimate of drug-likeness (QED) is 0.483. The van der Waals surface area contributed by atoms with Crippen LogP contribution in [0.4, 0.5) is 5.69 Å². The third-order valence-corrected chi connectivity index (χ3v) is 8.98. The van der Waals surface area contributed by atoms with Crippen molar-refractivity contribution >= 4 is 32.5 Å². The summed E-state index contributed by atoms with van der Waals surface area (Å²) in [6.07, 6.45) is 0.857. The van der Waals surface area contributed by atoms with Gasteiger partial charge in [-0.2, -0.15) is 4.31 Å². The summed E-state index contributed by atoms with van der Waals surface area (Å²) in [5.41, 5.74) is 6.70. The lowest BCUT2D eigenvalue weighted by Gasteiger charge is -2.35. The summed E-state index contributed by atoms with van der Waals surface area (Å²) in [4.78, 5) is 17.5. The lowest BCUT2D eigenvalue weighted by atomic mass is 9.94. The van der Waals surface area contributed by atoms with Crippen LogP contribution in [-0.2, 0) is 27.7 Å². The molecule has 6 nitrogen and oxygen atoms in total. The Morgan fingerprint density at radius 2 is 1.76 bits per heavy atom. The zero-order valence-corrected chi connectivity index (χ0v) is 19.9. The van der Waals surface area contributed by atoms with E-state index in [4.69, 9.17) is 0 Å². The summed E-state index contributed by atoms with van der Waals surface area (Å²) in [6, 6.07) is 20.8. The number of nitrogens with zero attached hydrogens (tertiary/aromatic N) is 2. The molecule has 34 heavy (non-hydrogen) atoms. The topological polar surface area (TPSA) is 73.5 Å². The van der Waals surface area contributed by atoms with E-state index in [1.165, 1.54) is 5.56 Å². The number of aromatic nitrogens is 1. The summed E-state index contributed by atoms with van der Waals surface area (Å²) < 4.78 is 29.7. The Balaban J connectivity index is 1.50. The third kappa shape index (κ3) is 3.11. The van der Waals surface area contributed by atoms with Crippen LogP contribution in [0.25, 0.3) is 10.9 Å². The summed E-state index contributed by atoms with van der Waals surface area (Å²) >= 11 is 0. The van der Waals surface area contributed by atoms with Crippen LogP contribution in [0.2, 0.25) is 0 Å².